The predicted molar refractivity (Wildman–Crippen MR) is 89.5 cm³/mol. The molecule has 6 heteroatoms. The Balaban J connectivity index is 1.81. The molecule has 2 rings (SSSR count). The van der Waals surface area contributed by atoms with Gasteiger partial charge in [-0.3, -0.25) is 4.79 Å². The van der Waals surface area contributed by atoms with Crippen LogP contribution in [0.3, 0.4) is 0 Å². The Bertz CT molecular complexity index is 638. The van der Waals surface area contributed by atoms with Crippen molar-refractivity contribution in [2.75, 3.05) is 26.9 Å². The Morgan fingerprint density at radius 3 is 2.71 bits per heavy atom. The maximum atomic E-state index is 12.0. The van der Waals surface area contributed by atoms with E-state index in [4.69, 9.17) is 18.6 Å². The van der Waals surface area contributed by atoms with Gasteiger partial charge in [0.1, 0.15) is 12.4 Å². The molecule has 6 nitrogen and oxygen atoms in total. The van der Waals surface area contributed by atoms with Crippen LogP contribution in [0, 0.1) is 0 Å². The molecule has 1 aromatic heterocycles. The fourth-order valence-electron chi connectivity index (χ4n) is 2.07. The molecule has 0 aliphatic rings. The van der Waals surface area contributed by atoms with Crippen LogP contribution in [0.25, 0.3) is 0 Å². The van der Waals surface area contributed by atoms with Gasteiger partial charge >= 0.3 is 0 Å². The summed E-state index contributed by atoms with van der Waals surface area (Å²) in [6, 6.07) is 10.7. The summed E-state index contributed by atoms with van der Waals surface area (Å²) >= 11 is 0. The third-order valence-electron chi connectivity index (χ3n) is 3.28. The first-order valence-electron chi connectivity index (χ1n) is 7.95. The van der Waals surface area contributed by atoms with Crippen LogP contribution in [-0.2, 0) is 11.3 Å². The molecule has 1 N–H and O–H groups in total. The molecule has 1 heterocycles. The Kier molecular flexibility index (Phi) is 7.17. The van der Waals surface area contributed by atoms with E-state index in [0.717, 1.165) is 6.42 Å². The quantitative estimate of drug-likeness (QED) is 0.677. The zero-order valence-corrected chi connectivity index (χ0v) is 14.0. The van der Waals surface area contributed by atoms with E-state index in [9.17, 15) is 4.79 Å². The summed E-state index contributed by atoms with van der Waals surface area (Å²) in [6.07, 6.45) is 0.768. The van der Waals surface area contributed by atoms with Crippen LogP contribution in [-0.4, -0.2) is 32.8 Å². The highest BCUT2D eigenvalue weighted by atomic mass is 16.5. The van der Waals surface area contributed by atoms with E-state index in [-0.39, 0.29) is 18.3 Å². The molecule has 1 amide bonds. The van der Waals surface area contributed by atoms with Crippen molar-refractivity contribution in [1.29, 1.82) is 0 Å². The number of benzene rings is 1. The summed E-state index contributed by atoms with van der Waals surface area (Å²) in [4.78, 5) is 12.0. The highest BCUT2D eigenvalue weighted by Gasteiger charge is 2.11. The third kappa shape index (κ3) is 5.31. The predicted octanol–water partition coefficient (Wildman–Crippen LogP) is 3.02. The average Bonchev–Trinajstić information content (AvgIpc) is 3.09. The minimum absolute atomic E-state index is 0.220. The number of hydrogen-bond acceptors (Lipinski definition) is 5. The standard InChI is InChI=1S/C18H23NO5/c1-3-22-12-6-11-19-18(20)17-10-9-14(24-17)13-23-16-8-5-4-7-15(16)21-2/h4-5,7-10H,3,6,11-13H2,1-2H3,(H,19,20). The molecule has 1 aromatic carbocycles. The monoisotopic (exact) mass is 333 g/mol. The second-order valence-electron chi connectivity index (χ2n) is 5.01. The maximum Gasteiger partial charge on any atom is 0.286 e. The third-order valence-corrected chi connectivity index (χ3v) is 3.28. The van der Waals surface area contributed by atoms with E-state index in [1.165, 1.54) is 0 Å². The molecule has 24 heavy (non-hydrogen) atoms. The number of methoxy groups -OCH3 is 1. The number of para-hydroxylation sites is 2. The number of rotatable bonds is 10. The van der Waals surface area contributed by atoms with Gasteiger partial charge in [-0.05, 0) is 37.6 Å². The second kappa shape index (κ2) is 9.62. The van der Waals surface area contributed by atoms with Crippen molar-refractivity contribution in [3.05, 3.63) is 47.9 Å². The highest BCUT2D eigenvalue weighted by molar-refractivity contribution is 5.91. The Labute approximate surface area is 141 Å². The summed E-state index contributed by atoms with van der Waals surface area (Å²) in [5, 5.41) is 2.79. The van der Waals surface area contributed by atoms with Crippen LogP contribution >= 0.6 is 0 Å². The average molecular weight is 333 g/mol. The van der Waals surface area contributed by atoms with Gasteiger partial charge in [0, 0.05) is 19.8 Å². The minimum Gasteiger partial charge on any atom is -0.493 e. The zero-order chi connectivity index (χ0) is 17.2. The van der Waals surface area contributed by atoms with Gasteiger partial charge in [0.25, 0.3) is 5.91 Å². The summed E-state index contributed by atoms with van der Waals surface area (Å²) in [7, 11) is 1.59. The molecule has 0 saturated carbocycles. The second-order valence-corrected chi connectivity index (χ2v) is 5.01. The van der Waals surface area contributed by atoms with Gasteiger partial charge < -0.3 is 23.9 Å². The maximum absolute atomic E-state index is 12.0. The SMILES string of the molecule is CCOCCCNC(=O)c1ccc(COc2ccccc2OC)o1. The molecule has 0 aliphatic carbocycles. The molecule has 2 aromatic rings. The number of furan rings is 1. The van der Waals surface area contributed by atoms with Crippen molar-refractivity contribution in [3.63, 3.8) is 0 Å². The van der Waals surface area contributed by atoms with Crippen molar-refractivity contribution < 1.29 is 23.4 Å². The molecule has 0 radical (unpaired) electrons. The van der Waals surface area contributed by atoms with Crippen molar-refractivity contribution in [2.24, 2.45) is 0 Å². The lowest BCUT2D eigenvalue weighted by Crippen LogP contribution is -2.24. The number of amides is 1. The van der Waals surface area contributed by atoms with Crippen LogP contribution in [0.4, 0.5) is 0 Å². The number of hydrogen-bond donors (Lipinski definition) is 1. The van der Waals surface area contributed by atoms with Crippen LogP contribution in [0.1, 0.15) is 29.7 Å². The van der Waals surface area contributed by atoms with Gasteiger partial charge in [0.2, 0.25) is 0 Å². The van der Waals surface area contributed by atoms with E-state index in [0.29, 0.717) is 37.0 Å². The molecule has 0 atom stereocenters. The first-order valence-corrected chi connectivity index (χ1v) is 7.95. The molecule has 0 saturated heterocycles. The fourth-order valence-corrected chi connectivity index (χ4v) is 2.07. The smallest absolute Gasteiger partial charge is 0.286 e. The summed E-state index contributed by atoms with van der Waals surface area (Å²) in [6.45, 7) is 4.02. The molecule has 0 bridgehead atoms. The number of ether oxygens (including phenoxy) is 3. The van der Waals surface area contributed by atoms with Crippen molar-refractivity contribution in [2.45, 2.75) is 20.0 Å². The molecule has 0 fully saturated rings. The molecular weight excluding hydrogens is 310 g/mol. The first kappa shape index (κ1) is 17.9. The van der Waals surface area contributed by atoms with Crippen LogP contribution < -0.4 is 14.8 Å². The number of nitrogens with one attached hydrogen (secondary N) is 1. The van der Waals surface area contributed by atoms with Gasteiger partial charge in [-0.15, -0.1) is 0 Å². The largest absolute Gasteiger partial charge is 0.493 e. The Morgan fingerprint density at radius 2 is 1.96 bits per heavy atom. The summed E-state index contributed by atoms with van der Waals surface area (Å²) in [5.74, 6) is 1.87. The molecule has 0 aliphatic heterocycles. The van der Waals surface area contributed by atoms with Gasteiger partial charge in [0.15, 0.2) is 17.3 Å². The first-order chi connectivity index (χ1) is 11.7. The topological polar surface area (TPSA) is 69.9 Å². The van der Waals surface area contributed by atoms with E-state index in [1.807, 2.05) is 31.2 Å². The Morgan fingerprint density at radius 1 is 1.17 bits per heavy atom. The summed E-state index contributed by atoms with van der Waals surface area (Å²) < 4.78 is 21.6. The lowest BCUT2D eigenvalue weighted by Gasteiger charge is -2.08. The van der Waals surface area contributed by atoms with E-state index < -0.39 is 0 Å². The Hall–Kier alpha value is -2.47. The summed E-state index contributed by atoms with van der Waals surface area (Å²) in [5.41, 5.74) is 0. The van der Waals surface area contributed by atoms with E-state index in [2.05, 4.69) is 5.32 Å². The van der Waals surface area contributed by atoms with Crippen molar-refractivity contribution >= 4 is 5.91 Å². The fraction of sp³-hybridized carbons (Fsp3) is 0.389. The van der Waals surface area contributed by atoms with Gasteiger partial charge in [-0.2, -0.15) is 0 Å². The van der Waals surface area contributed by atoms with Crippen LogP contribution in [0.5, 0.6) is 11.5 Å². The van der Waals surface area contributed by atoms with E-state index in [1.54, 1.807) is 19.2 Å². The van der Waals surface area contributed by atoms with Crippen molar-refractivity contribution in [3.8, 4) is 11.5 Å². The number of carbonyl (C=O) groups excluding carboxylic acids is 1. The normalized spacial score (nSPS) is 10.4. The zero-order valence-electron chi connectivity index (χ0n) is 14.0. The molecular formula is C18H23NO5. The van der Waals surface area contributed by atoms with Crippen molar-refractivity contribution in [1.82, 2.24) is 5.32 Å². The lowest BCUT2D eigenvalue weighted by molar-refractivity contribution is 0.0912. The molecule has 130 valence electrons. The molecule has 0 spiro atoms. The minimum atomic E-state index is -0.241. The van der Waals surface area contributed by atoms with Gasteiger partial charge in [-0.1, -0.05) is 12.1 Å². The highest BCUT2D eigenvalue weighted by Crippen LogP contribution is 2.26. The van der Waals surface area contributed by atoms with E-state index >= 15 is 0 Å². The van der Waals surface area contributed by atoms with Gasteiger partial charge in [0.05, 0.1) is 7.11 Å². The number of carbonyl (C=O) groups is 1. The molecule has 0 unspecified atom stereocenters. The lowest BCUT2D eigenvalue weighted by atomic mass is 10.3. The van der Waals surface area contributed by atoms with Gasteiger partial charge in [-0.25, -0.2) is 0 Å². The van der Waals surface area contributed by atoms with Crippen LogP contribution in [0.15, 0.2) is 40.8 Å². The van der Waals surface area contributed by atoms with Crippen LogP contribution in [0.2, 0.25) is 0 Å².